The third kappa shape index (κ3) is 2.41. The molecule has 0 bridgehead atoms. The normalized spacial score (nSPS) is 10.0. The summed E-state index contributed by atoms with van der Waals surface area (Å²) in [7, 11) is 2.54. The molecule has 8 heteroatoms. The predicted octanol–water partition coefficient (Wildman–Crippen LogP) is 0.0266. The van der Waals surface area contributed by atoms with Crippen molar-refractivity contribution in [2.75, 3.05) is 14.2 Å². The monoisotopic (exact) mass is 262 g/mol. The molecule has 19 heavy (non-hydrogen) atoms. The fourth-order valence-electron chi connectivity index (χ4n) is 1.50. The van der Waals surface area contributed by atoms with E-state index in [1.807, 2.05) is 0 Å². The maximum absolute atomic E-state index is 11.9. The largest absolute Gasteiger partial charge is 0.496 e. The van der Waals surface area contributed by atoms with Gasteiger partial charge in [-0.15, -0.1) is 5.10 Å². The molecule has 2 rings (SSSR count). The van der Waals surface area contributed by atoms with E-state index in [2.05, 4.69) is 20.3 Å². The lowest BCUT2D eigenvalue weighted by atomic mass is 10.1. The lowest BCUT2D eigenvalue weighted by Crippen LogP contribution is -2.17. The van der Waals surface area contributed by atoms with Crippen molar-refractivity contribution < 1.29 is 19.1 Å². The number of benzene rings is 1. The summed E-state index contributed by atoms with van der Waals surface area (Å²) < 4.78 is 10.8. The zero-order chi connectivity index (χ0) is 13.8. The van der Waals surface area contributed by atoms with Crippen molar-refractivity contribution in [3.05, 3.63) is 30.1 Å². The molecule has 98 valence electrons. The number of hydrogen-bond donors (Lipinski definition) is 0. The quantitative estimate of drug-likeness (QED) is 0.435. The molecule has 0 radical (unpaired) electrons. The number of esters is 1. The van der Waals surface area contributed by atoms with E-state index < -0.39 is 11.8 Å². The van der Waals surface area contributed by atoms with Gasteiger partial charge in [0.25, 0.3) is 5.78 Å². The Morgan fingerprint density at radius 2 is 2.05 bits per heavy atom. The molecule has 0 saturated heterocycles. The van der Waals surface area contributed by atoms with Crippen LogP contribution in [0.2, 0.25) is 0 Å². The number of ether oxygens (including phenoxy) is 2. The molecule has 1 aromatic heterocycles. The number of nitrogens with zero attached hydrogens (tertiary/aromatic N) is 4. The lowest BCUT2D eigenvalue weighted by molar-refractivity contribution is -0.135. The molecule has 0 amide bonds. The van der Waals surface area contributed by atoms with Crippen molar-refractivity contribution >= 4 is 11.8 Å². The van der Waals surface area contributed by atoms with Gasteiger partial charge in [0.15, 0.2) is 0 Å². The van der Waals surface area contributed by atoms with E-state index in [0.29, 0.717) is 5.69 Å². The average molecular weight is 262 g/mol. The topological polar surface area (TPSA) is 96.2 Å². The molecule has 1 heterocycles. The van der Waals surface area contributed by atoms with Gasteiger partial charge >= 0.3 is 5.97 Å². The zero-order valence-corrected chi connectivity index (χ0v) is 10.2. The smallest absolute Gasteiger partial charge is 0.379 e. The highest BCUT2D eigenvalue weighted by Crippen LogP contribution is 2.22. The van der Waals surface area contributed by atoms with E-state index in [-0.39, 0.29) is 11.3 Å². The zero-order valence-electron chi connectivity index (χ0n) is 10.2. The second kappa shape index (κ2) is 5.25. The molecule has 0 N–H and O–H groups in total. The Bertz CT molecular complexity index is 609. The minimum Gasteiger partial charge on any atom is -0.496 e. The third-order valence-electron chi connectivity index (χ3n) is 2.41. The molecule has 1 aromatic carbocycles. The van der Waals surface area contributed by atoms with Crippen molar-refractivity contribution in [2.24, 2.45) is 0 Å². The Kier molecular flexibility index (Phi) is 3.51. The van der Waals surface area contributed by atoms with Crippen LogP contribution in [0.5, 0.6) is 5.75 Å². The first kappa shape index (κ1) is 12.7. The summed E-state index contributed by atoms with van der Waals surface area (Å²) in [6.07, 6.45) is 1.37. The van der Waals surface area contributed by atoms with Gasteiger partial charge in [0.1, 0.15) is 12.1 Å². The second-order valence-electron chi connectivity index (χ2n) is 3.46. The van der Waals surface area contributed by atoms with Crippen LogP contribution in [0.1, 0.15) is 10.4 Å². The molecular formula is C11H10N4O4. The van der Waals surface area contributed by atoms with Crippen molar-refractivity contribution in [1.82, 2.24) is 20.2 Å². The van der Waals surface area contributed by atoms with Gasteiger partial charge in [0, 0.05) is 0 Å². The van der Waals surface area contributed by atoms with Gasteiger partial charge in [-0.25, -0.2) is 9.48 Å². The maximum Gasteiger partial charge on any atom is 0.379 e. The van der Waals surface area contributed by atoms with Crippen molar-refractivity contribution in [3.8, 4) is 11.4 Å². The van der Waals surface area contributed by atoms with E-state index in [1.54, 1.807) is 12.1 Å². The molecule has 0 spiro atoms. The number of methoxy groups -OCH3 is 2. The SMILES string of the molecule is COC(=O)C(=O)c1cc(-n2cnnn2)ccc1OC. The van der Waals surface area contributed by atoms with E-state index >= 15 is 0 Å². The summed E-state index contributed by atoms with van der Waals surface area (Å²) in [5.74, 6) is -1.49. The van der Waals surface area contributed by atoms with Gasteiger partial charge in [0.05, 0.1) is 25.5 Å². The van der Waals surface area contributed by atoms with Gasteiger partial charge < -0.3 is 9.47 Å². The summed E-state index contributed by atoms with van der Waals surface area (Å²) in [5.41, 5.74) is 0.611. The van der Waals surface area contributed by atoms with Crippen LogP contribution in [0.4, 0.5) is 0 Å². The maximum atomic E-state index is 11.9. The lowest BCUT2D eigenvalue weighted by Gasteiger charge is -2.08. The summed E-state index contributed by atoms with van der Waals surface area (Å²) >= 11 is 0. The molecule has 0 unspecified atom stereocenters. The number of rotatable bonds is 4. The summed E-state index contributed by atoms with van der Waals surface area (Å²) in [5, 5.41) is 10.7. The Morgan fingerprint density at radius 3 is 2.63 bits per heavy atom. The van der Waals surface area contributed by atoms with Crippen molar-refractivity contribution in [3.63, 3.8) is 0 Å². The molecular weight excluding hydrogens is 252 g/mol. The van der Waals surface area contributed by atoms with E-state index in [4.69, 9.17) is 4.74 Å². The number of ketones is 1. The summed E-state index contributed by atoms with van der Waals surface area (Å²) in [4.78, 5) is 23.2. The fraction of sp³-hybridized carbons (Fsp3) is 0.182. The standard InChI is InChI=1S/C11H10N4O4/c1-18-9-4-3-7(15-6-12-13-14-15)5-8(9)10(16)11(17)19-2/h3-6H,1-2H3. The molecule has 0 aliphatic rings. The van der Waals surface area contributed by atoms with Gasteiger partial charge in [-0.1, -0.05) is 0 Å². The van der Waals surface area contributed by atoms with Gasteiger partial charge in [-0.3, -0.25) is 4.79 Å². The van der Waals surface area contributed by atoms with Gasteiger partial charge in [-0.2, -0.15) is 0 Å². The molecule has 0 fully saturated rings. The minimum atomic E-state index is -0.966. The van der Waals surface area contributed by atoms with Crippen LogP contribution in [-0.4, -0.2) is 46.2 Å². The van der Waals surface area contributed by atoms with E-state index in [1.165, 1.54) is 24.2 Å². The van der Waals surface area contributed by atoms with E-state index in [0.717, 1.165) is 7.11 Å². The Labute approximate surface area is 107 Å². The van der Waals surface area contributed by atoms with Gasteiger partial charge in [0.2, 0.25) is 0 Å². The van der Waals surface area contributed by atoms with Crippen molar-refractivity contribution in [2.45, 2.75) is 0 Å². The Hall–Kier alpha value is -2.77. The first-order valence-electron chi connectivity index (χ1n) is 5.21. The number of tetrazole rings is 1. The van der Waals surface area contributed by atoms with Crippen molar-refractivity contribution in [1.29, 1.82) is 0 Å². The Balaban J connectivity index is 2.48. The first-order chi connectivity index (χ1) is 9.17. The molecule has 8 nitrogen and oxygen atoms in total. The first-order valence-corrected chi connectivity index (χ1v) is 5.21. The number of Topliss-reactive ketones (excluding diaryl/α,β-unsaturated/α-hetero) is 1. The number of aromatic nitrogens is 4. The van der Waals surface area contributed by atoms with Crippen LogP contribution < -0.4 is 4.74 Å². The highest BCUT2D eigenvalue weighted by Gasteiger charge is 2.21. The van der Waals surface area contributed by atoms with Crippen LogP contribution in [0.3, 0.4) is 0 Å². The summed E-state index contributed by atoms with van der Waals surface area (Å²) in [6.45, 7) is 0. The van der Waals surface area contributed by atoms with Crippen LogP contribution in [0.15, 0.2) is 24.5 Å². The fourth-order valence-corrected chi connectivity index (χ4v) is 1.50. The minimum absolute atomic E-state index is 0.0855. The molecule has 0 atom stereocenters. The van der Waals surface area contributed by atoms with Gasteiger partial charge in [-0.05, 0) is 28.6 Å². The summed E-state index contributed by atoms with van der Waals surface area (Å²) in [6, 6.07) is 4.66. The van der Waals surface area contributed by atoms with Crippen LogP contribution >= 0.6 is 0 Å². The molecule has 0 aliphatic heterocycles. The Morgan fingerprint density at radius 1 is 1.26 bits per heavy atom. The molecule has 2 aromatic rings. The number of carbonyl (C=O) groups excluding carboxylic acids is 2. The van der Waals surface area contributed by atoms with Crippen LogP contribution in [0.25, 0.3) is 5.69 Å². The highest BCUT2D eigenvalue weighted by molar-refractivity contribution is 6.41. The number of hydrogen-bond acceptors (Lipinski definition) is 7. The average Bonchev–Trinajstić information content (AvgIpc) is 2.99. The van der Waals surface area contributed by atoms with E-state index in [9.17, 15) is 9.59 Å². The predicted molar refractivity (Wildman–Crippen MR) is 62.1 cm³/mol. The molecule has 0 aliphatic carbocycles. The second-order valence-corrected chi connectivity index (χ2v) is 3.46. The molecule has 0 saturated carbocycles. The van der Waals surface area contributed by atoms with Crippen LogP contribution in [0, 0.1) is 0 Å². The number of carbonyl (C=O) groups is 2. The third-order valence-corrected chi connectivity index (χ3v) is 2.41. The highest BCUT2D eigenvalue weighted by atomic mass is 16.5. The van der Waals surface area contributed by atoms with Crippen LogP contribution in [-0.2, 0) is 9.53 Å².